The summed E-state index contributed by atoms with van der Waals surface area (Å²) in [6, 6.07) is 10.4. The number of carbonyl (C=O) groups excluding carboxylic acids is 1. The number of rotatable bonds is 7. The number of aromatic nitrogens is 2. The van der Waals surface area contributed by atoms with E-state index in [1.807, 2.05) is 19.1 Å². The van der Waals surface area contributed by atoms with Crippen LogP contribution in [0.2, 0.25) is 10.0 Å². The third-order valence-corrected chi connectivity index (χ3v) is 4.63. The number of nitrogens with one attached hydrogen (secondary N) is 1. The van der Waals surface area contributed by atoms with Gasteiger partial charge in [0.2, 0.25) is 0 Å². The van der Waals surface area contributed by atoms with Crippen molar-refractivity contribution in [3.05, 3.63) is 57.9 Å². The predicted octanol–water partition coefficient (Wildman–Crippen LogP) is 4.51. The lowest BCUT2D eigenvalue weighted by molar-refractivity contribution is 0.0941. The molecule has 0 aliphatic heterocycles. The molecule has 2 aromatic heterocycles. The van der Waals surface area contributed by atoms with Gasteiger partial charge in [-0.15, -0.1) is 0 Å². The number of ether oxygens (including phenoxy) is 1. The lowest BCUT2D eigenvalue weighted by Crippen LogP contribution is -2.27. The fraction of sp³-hybridized carbons (Fsp3) is 0.263. The minimum Gasteiger partial charge on any atom is -0.460 e. The summed E-state index contributed by atoms with van der Waals surface area (Å²) in [4.78, 5) is 12.7. The van der Waals surface area contributed by atoms with Crippen LogP contribution >= 0.6 is 23.2 Å². The molecule has 8 heteroatoms. The Morgan fingerprint density at radius 3 is 2.70 bits per heavy atom. The molecule has 0 bridgehead atoms. The standard InChI is InChI=1S/C19H19Cl2N3O3/c1-12-4-7-18(27-12)16-11-17(19(25)22-8-3-9-26-2)24(23-16)13-5-6-14(20)15(21)10-13/h4-7,10-11H,3,8-9H2,1-2H3,(H,22,25). The first-order valence-electron chi connectivity index (χ1n) is 8.39. The Kier molecular flexibility index (Phi) is 6.21. The van der Waals surface area contributed by atoms with Crippen molar-refractivity contribution in [1.29, 1.82) is 0 Å². The molecule has 1 aromatic carbocycles. The van der Waals surface area contributed by atoms with E-state index in [1.165, 1.54) is 4.68 Å². The number of halogens is 2. The summed E-state index contributed by atoms with van der Waals surface area (Å²) in [5, 5.41) is 8.22. The average molecular weight is 408 g/mol. The van der Waals surface area contributed by atoms with Gasteiger partial charge in [-0.1, -0.05) is 23.2 Å². The van der Waals surface area contributed by atoms with Crippen LogP contribution in [0, 0.1) is 6.92 Å². The highest BCUT2D eigenvalue weighted by Crippen LogP contribution is 2.27. The summed E-state index contributed by atoms with van der Waals surface area (Å²) in [6.45, 7) is 2.92. The summed E-state index contributed by atoms with van der Waals surface area (Å²) in [7, 11) is 1.62. The highest BCUT2D eigenvalue weighted by Gasteiger charge is 2.19. The molecule has 0 saturated carbocycles. The molecule has 1 amide bonds. The van der Waals surface area contributed by atoms with Crippen LogP contribution in [0.5, 0.6) is 0 Å². The van der Waals surface area contributed by atoms with Crippen molar-refractivity contribution >= 4 is 29.1 Å². The van der Waals surface area contributed by atoms with Crippen LogP contribution in [0.1, 0.15) is 22.7 Å². The van der Waals surface area contributed by atoms with Crippen LogP contribution in [0.4, 0.5) is 0 Å². The Labute approximate surface area is 167 Å². The van der Waals surface area contributed by atoms with E-state index in [0.717, 1.165) is 5.76 Å². The highest BCUT2D eigenvalue weighted by atomic mass is 35.5. The number of hydrogen-bond acceptors (Lipinski definition) is 4. The summed E-state index contributed by atoms with van der Waals surface area (Å²) in [6.07, 6.45) is 0.716. The van der Waals surface area contributed by atoms with E-state index in [9.17, 15) is 4.79 Å². The van der Waals surface area contributed by atoms with Gasteiger partial charge in [-0.2, -0.15) is 5.10 Å². The van der Waals surface area contributed by atoms with E-state index in [2.05, 4.69) is 10.4 Å². The van der Waals surface area contributed by atoms with E-state index in [1.54, 1.807) is 31.4 Å². The first-order chi connectivity index (χ1) is 13.0. The molecule has 1 N–H and O–H groups in total. The van der Waals surface area contributed by atoms with Crippen molar-refractivity contribution in [3.63, 3.8) is 0 Å². The quantitative estimate of drug-likeness (QED) is 0.584. The average Bonchev–Trinajstić information content (AvgIpc) is 3.27. The second kappa shape index (κ2) is 8.61. The van der Waals surface area contributed by atoms with Crippen molar-refractivity contribution in [1.82, 2.24) is 15.1 Å². The van der Waals surface area contributed by atoms with Crippen LogP contribution in [0.3, 0.4) is 0 Å². The summed E-state index contributed by atoms with van der Waals surface area (Å²) in [5.41, 5.74) is 1.55. The van der Waals surface area contributed by atoms with Crippen LogP contribution < -0.4 is 5.32 Å². The molecule has 0 saturated heterocycles. The zero-order chi connectivity index (χ0) is 19.4. The molecule has 0 radical (unpaired) electrons. The topological polar surface area (TPSA) is 69.3 Å². The van der Waals surface area contributed by atoms with Crippen molar-refractivity contribution < 1.29 is 13.9 Å². The van der Waals surface area contributed by atoms with Crippen molar-refractivity contribution in [3.8, 4) is 17.1 Å². The highest BCUT2D eigenvalue weighted by molar-refractivity contribution is 6.42. The van der Waals surface area contributed by atoms with Gasteiger partial charge in [0, 0.05) is 26.3 Å². The number of hydrogen-bond donors (Lipinski definition) is 1. The van der Waals surface area contributed by atoms with Gasteiger partial charge in [0.1, 0.15) is 17.1 Å². The van der Waals surface area contributed by atoms with Crippen molar-refractivity contribution in [2.45, 2.75) is 13.3 Å². The second-order valence-corrected chi connectivity index (χ2v) is 6.75. The predicted molar refractivity (Wildman–Crippen MR) is 105 cm³/mol. The van der Waals surface area contributed by atoms with Gasteiger partial charge in [0.15, 0.2) is 5.76 Å². The number of carbonyl (C=O) groups is 1. The monoisotopic (exact) mass is 407 g/mol. The third kappa shape index (κ3) is 4.53. The molecule has 0 atom stereocenters. The van der Waals surface area contributed by atoms with E-state index < -0.39 is 0 Å². The van der Waals surface area contributed by atoms with Gasteiger partial charge in [0.05, 0.1) is 15.7 Å². The van der Waals surface area contributed by atoms with E-state index in [0.29, 0.717) is 52.5 Å². The summed E-state index contributed by atoms with van der Waals surface area (Å²) >= 11 is 12.1. The zero-order valence-electron chi connectivity index (χ0n) is 15.0. The Morgan fingerprint density at radius 2 is 2.04 bits per heavy atom. The number of aryl methyl sites for hydroxylation is 1. The van der Waals surface area contributed by atoms with Gasteiger partial charge in [-0.3, -0.25) is 4.79 Å². The Hall–Kier alpha value is -2.28. The maximum Gasteiger partial charge on any atom is 0.270 e. The van der Waals surface area contributed by atoms with E-state index in [-0.39, 0.29) is 5.91 Å². The zero-order valence-corrected chi connectivity index (χ0v) is 16.5. The normalized spacial score (nSPS) is 11.0. The molecular weight excluding hydrogens is 389 g/mol. The summed E-state index contributed by atoms with van der Waals surface area (Å²) < 4.78 is 12.2. The van der Waals surface area contributed by atoms with Gasteiger partial charge in [-0.05, 0) is 43.7 Å². The molecule has 142 valence electrons. The second-order valence-electron chi connectivity index (χ2n) is 5.94. The van der Waals surface area contributed by atoms with Gasteiger partial charge >= 0.3 is 0 Å². The summed E-state index contributed by atoms with van der Waals surface area (Å²) in [5.74, 6) is 1.10. The Morgan fingerprint density at radius 1 is 1.22 bits per heavy atom. The maximum atomic E-state index is 12.7. The fourth-order valence-corrected chi connectivity index (χ4v) is 2.85. The first-order valence-corrected chi connectivity index (χ1v) is 9.14. The molecular formula is C19H19Cl2N3O3. The molecule has 0 fully saturated rings. The third-order valence-electron chi connectivity index (χ3n) is 3.89. The number of methoxy groups -OCH3 is 1. The van der Waals surface area contributed by atoms with Gasteiger partial charge in [-0.25, -0.2) is 4.68 Å². The maximum absolute atomic E-state index is 12.7. The van der Waals surface area contributed by atoms with Crippen molar-refractivity contribution in [2.75, 3.05) is 20.3 Å². The smallest absolute Gasteiger partial charge is 0.270 e. The number of nitrogens with zero attached hydrogens (tertiary/aromatic N) is 2. The molecule has 3 rings (SSSR count). The van der Waals surface area contributed by atoms with E-state index >= 15 is 0 Å². The molecule has 0 unspecified atom stereocenters. The number of benzene rings is 1. The number of amides is 1. The van der Waals surface area contributed by atoms with Crippen LogP contribution in [0.25, 0.3) is 17.1 Å². The van der Waals surface area contributed by atoms with Crippen LogP contribution in [-0.4, -0.2) is 35.9 Å². The SMILES string of the molecule is COCCCNC(=O)c1cc(-c2ccc(C)o2)nn1-c1ccc(Cl)c(Cl)c1. The molecule has 3 aromatic rings. The Balaban J connectivity index is 1.97. The molecule has 6 nitrogen and oxygen atoms in total. The number of furan rings is 1. The minimum atomic E-state index is -0.251. The fourth-order valence-electron chi connectivity index (χ4n) is 2.56. The van der Waals surface area contributed by atoms with E-state index in [4.69, 9.17) is 32.4 Å². The molecule has 0 spiro atoms. The van der Waals surface area contributed by atoms with Gasteiger partial charge in [0.25, 0.3) is 5.91 Å². The van der Waals surface area contributed by atoms with Crippen LogP contribution in [0.15, 0.2) is 40.8 Å². The van der Waals surface area contributed by atoms with Crippen LogP contribution in [-0.2, 0) is 4.74 Å². The minimum absolute atomic E-state index is 0.251. The van der Waals surface area contributed by atoms with Gasteiger partial charge < -0.3 is 14.5 Å². The lowest BCUT2D eigenvalue weighted by atomic mass is 10.2. The molecule has 0 aliphatic rings. The lowest BCUT2D eigenvalue weighted by Gasteiger charge is -2.09. The largest absolute Gasteiger partial charge is 0.460 e. The molecule has 27 heavy (non-hydrogen) atoms. The molecule has 2 heterocycles. The van der Waals surface area contributed by atoms with Crippen molar-refractivity contribution in [2.24, 2.45) is 0 Å². The molecule has 0 aliphatic carbocycles. The Bertz CT molecular complexity index is 950. The first kappa shape index (κ1) is 19.5.